The average Bonchev–Trinajstić information content (AvgIpc) is 3.18. The summed E-state index contributed by atoms with van der Waals surface area (Å²) in [6.45, 7) is 10.4. The van der Waals surface area contributed by atoms with Crippen LogP contribution in [0.5, 0.6) is 0 Å². The van der Waals surface area contributed by atoms with Gasteiger partial charge >= 0.3 is 0 Å². The van der Waals surface area contributed by atoms with Crippen molar-refractivity contribution in [2.45, 2.75) is 58.8 Å². The first-order chi connectivity index (χ1) is 9.49. The monoisotopic (exact) mass is 276 g/mol. The first-order valence-corrected chi connectivity index (χ1v) is 7.86. The summed E-state index contributed by atoms with van der Waals surface area (Å²) in [5.74, 6) is 3.75. The van der Waals surface area contributed by atoms with Gasteiger partial charge in [-0.15, -0.1) is 0 Å². The van der Waals surface area contributed by atoms with E-state index in [1.165, 1.54) is 25.7 Å². The summed E-state index contributed by atoms with van der Waals surface area (Å²) in [5, 5.41) is 6.74. The smallest absolute Gasteiger partial charge is 0.138 e. The Morgan fingerprint density at radius 3 is 2.35 bits per heavy atom. The molecule has 0 atom stereocenters. The molecule has 2 N–H and O–H groups in total. The van der Waals surface area contributed by atoms with Crippen molar-refractivity contribution in [1.29, 1.82) is 0 Å². The lowest BCUT2D eigenvalue weighted by molar-refractivity contribution is 0.546. The normalized spacial score (nSPS) is 15.2. The molecule has 0 radical (unpaired) electrons. The predicted octanol–water partition coefficient (Wildman–Crippen LogP) is 3.81. The van der Waals surface area contributed by atoms with Gasteiger partial charge < -0.3 is 10.6 Å². The molecule has 2 rings (SSSR count). The van der Waals surface area contributed by atoms with E-state index in [4.69, 9.17) is 0 Å². The van der Waals surface area contributed by atoms with Gasteiger partial charge in [0.25, 0.3) is 0 Å². The van der Waals surface area contributed by atoms with E-state index in [1.807, 2.05) is 6.07 Å². The summed E-state index contributed by atoms with van der Waals surface area (Å²) in [6, 6.07) is 2.01. The minimum Gasteiger partial charge on any atom is -0.370 e. The highest BCUT2D eigenvalue weighted by molar-refractivity contribution is 5.48. The Kier molecular flexibility index (Phi) is 4.84. The number of nitrogens with one attached hydrogen (secondary N) is 2. The van der Waals surface area contributed by atoms with Crippen molar-refractivity contribution in [3.63, 3.8) is 0 Å². The van der Waals surface area contributed by atoms with Crippen LogP contribution in [0.2, 0.25) is 0 Å². The molecule has 1 aromatic heterocycles. The SMILES string of the molecule is CCNc1cc(NCCCC2CC2)nc(C(C)(C)C)n1. The van der Waals surface area contributed by atoms with Crippen LogP contribution in [-0.2, 0) is 5.41 Å². The highest BCUT2D eigenvalue weighted by Crippen LogP contribution is 2.33. The topological polar surface area (TPSA) is 49.8 Å². The third kappa shape index (κ3) is 4.66. The Morgan fingerprint density at radius 1 is 1.15 bits per heavy atom. The lowest BCUT2D eigenvalue weighted by Crippen LogP contribution is -2.19. The second-order valence-electron chi connectivity index (χ2n) is 6.75. The standard InChI is InChI=1S/C16H28N4/c1-5-17-13-11-14(18-10-6-7-12-8-9-12)20-15(19-13)16(2,3)4/h11-12H,5-10H2,1-4H3,(H2,17,18,19,20). The second kappa shape index (κ2) is 6.42. The van der Waals surface area contributed by atoms with Gasteiger partial charge in [0, 0.05) is 24.6 Å². The van der Waals surface area contributed by atoms with Crippen molar-refractivity contribution >= 4 is 11.6 Å². The Bertz CT molecular complexity index is 433. The number of nitrogens with zero attached hydrogens (tertiary/aromatic N) is 2. The van der Waals surface area contributed by atoms with E-state index in [0.717, 1.165) is 36.5 Å². The molecule has 1 saturated carbocycles. The fraction of sp³-hybridized carbons (Fsp3) is 0.750. The van der Waals surface area contributed by atoms with E-state index < -0.39 is 0 Å². The molecule has 0 amide bonds. The first-order valence-electron chi connectivity index (χ1n) is 7.86. The first kappa shape index (κ1) is 15.1. The Labute approximate surface area is 122 Å². The average molecular weight is 276 g/mol. The van der Waals surface area contributed by atoms with Crippen molar-refractivity contribution in [3.8, 4) is 0 Å². The summed E-state index contributed by atoms with van der Waals surface area (Å²) < 4.78 is 0. The predicted molar refractivity (Wildman–Crippen MR) is 85.3 cm³/mol. The van der Waals surface area contributed by atoms with Gasteiger partial charge in [-0.2, -0.15) is 0 Å². The minimum atomic E-state index is -0.0319. The summed E-state index contributed by atoms with van der Waals surface area (Å²) in [4.78, 5) is 9.26. The van der Waals surface area contributed by atoms with Gasteiger partial charge in [0.05, 0.1) is 0 Å². The van der Waals surface area contributed by atoms with Crippen LogP contribution in [0.4, 0.5) is 11.6 Å². The fourth-order valence-corrected chi connectivity index (χ4v) is 2.16. The summed E-state index contributed by atoms with van der Waals surface area (Å²) in [6.07, 6.45) is 5.46. The van der Waals surface area contributed by atoms with Crippen LogP contribution in [0, 0.1) is 5.92 Å². The fourth-order valence-electron chi connectivity index (χ4n) is 2.16. The Morgan fingerprint density at radius 2 is 1.80 bits per heavy atom. The molecule has 1 heterocycles. The number of rotatable bonds is 7. The molecule has 0 unspecified atom stereocenters. The van der Waals surface area contributed by atoms with Gasteiger partial charge in [0.2, 0.25) is 0 Å². The lowest BCUT2D eigenvalue weighted by atomic mass is 9.96. The van der Waals surface area contributed by atoms with Crippen LogP contribution in [-0.4, -0.2) is 23.1 Å². The summed E-state index contributed by atoms with van der Waals surface area (Å²) in [5.41, 5.74) is -0.0319. The molecule has 0 bridgehead atoms. The van der Waals surface area contributed by atoms with Crippen LogP contribution < -0.4 is 10.6 Å². The molecule has 1 aromatic rings. The van der Waals surface area contributed by atoms with Crippen LogP contribution >= 0.6 is 0 Å². The van der Waals surface area contributed by atoms with Crippen LogP contribution in [0.1, 0.15) is 59.2 Å². The van der Waals surface area contributed by atoms with Crippen molar-refractivity contribution in [2.24, 2.45) is 5.92 Å². The lowest BCUT2D eigenvalue weighted by Gasteiger charge is -2.19. The number of hydrogen-bond donors (Lipinski definition) is 2. The van der Waals surface area contributed by atoms with Gasteiger partial charge in [0.15, 0.2) is 0 Å². The number of aromatic nitrogens is 2. The molecule has 112 valence electrons. The number of hydrogen-bond acceptors (Lipinski definition) is 4. The highest BCUT2D eigenvalue weighted by Gasteiger charge is 2.21. The van der Waals surface area contributed by atoms with E-state index in [1.54, 1.807) is 0 Å². The van der Waals surface area contributed by atoms with E-state index in [9.17, 15) is 0 Å². The van der Waals surface area contributed by atoms with Crippen molar-refractivity contribution in [2.75, 3.05) is 23.7 Å². The molecule has 4 heteroatoms. The minimum absolute atomic E-state index is 0.0319. The maximum absolute atomic E-state index is 4.66. The Hall–Kier alpha value is -1.32. The zero-order chi connectivity index (χ0) is 14.6. The van der Waals surface area contributed by atoms with Crippen LogP contribution in [0.25, 0.3) is 0 Å². The second-order valence-corrected chi connectivity index (χ2v) is 6.75. The Balaban J connectivity index is 1.99. The molecule has 0 aliphatic heterocycles. The van der Waals surface area contributed by atoms with Gasteiger partial charge in [-0.1, -0.05) is 33.6 Å². The molecule has 1 fully saturated rings. The molecule has 1 aliphatic carbocycles. The van der Waals surface area contributed by atoms with Gasteiger partial charge in [-0.3, -0.25) is 0 Å². The van der Waals surface area contributed by atoms with Crippen molar-refractivity contribution in [1.82, 2.24) is 9.97 Å². The van der Waals surface area contributed by atoms with E-state index >= 15 is 0 Å². The van der Waals surface area contributed by atoms with E-state index in [0.29, 0.717) is 0 Å². The quantitative estimate of drug-likeness (QED) is 0.744. The maximum atomic E-state index is 4.66. The summed E-state index contributed by atoms with van der Waals surface area (Å²) in [7, 11) is 0. The van der Waals surface area contributed by atoms with Gasteiger partial charge in [-0.25, -0.2) is 9.97 Å². The van der Waals surface area contributed by atoms with E-state index in [-0.39, 0.29) is 5.41 Å². The molecule has 0 saturated heterocycles. The molecular weight excluding hydrogens is 248 g/mol. The number of anilines is 2. The largest absolute Gasteiger partial charge is 0.370 e. The maximum Gasteiger partial charge on any atom is 0.138 e. The molecular formula is C16H28N4. The molecule has 4 nitrogen and oxygen atoms in total. The molecule has 1 aliphatic rings. The zero-order valence-corrected chi connectivity index (χ0v) is 13.3. The zero-order valence-electron chi connectivity index (χ0n) is 13.3. The van der Waals surface area contributed by atoms with Crippen LogP contribution in [0.3, 0.4) is 0 Å². The van der Waals surface area contributed by atoms with Gasteiger partial charge in [-0.05, 0) is 25.7 Å². The molecule has 20 heavy (non-hydrogen) atoms. The van der Waals surface area contributed by atoms with Crippen LogP contribution in [0.15, 0.2) is 6.07 Å². The van der Waals surface area contributed by atoms with Gasteiger partial charge in [0.1, 0.15) is 17.5 Å². The third-order valence-corrected chi connectivity index (χ3v) is 3.55. The van der Waals surface area contributed by atoms with Crippen molar-refractivity contribution < 1.29 is 0 Å². The highest BCUT2D eigenvalue weighted by atomic mass is 15.1. The summed E-state index contributed by atoms with van der Waals surface area (Å²) >= 11 is 0. The molecule has 0 aromatic carbocycles. The molecule has 0 spiro atoms. The third-order valence-electron chi connectivity index (χ3n) is 3.55. The van der Waals surface area contributed by atoms with Crippen molar-refractivity contribution in [3.05, 3.63) is 11.9 Å². The van der Waals surface area contributed by atoms with E-state index in [2.05, 4.69) is 48.3 Å².